The third-order valence-electron chi connectivity index (χ3n) is 7.96. The molecule has 0 unspecified atom stereocenters. The van der Waals surface area contributed by atoms with Crippen molar-refractivity contribution in [2.75, 3.05) is 0 Å². The first-order valence-corrected chi connectivity index (χ1v) is 15.0. The first-order chi connectivity index (χ1) is 18.1. The van der Waals surface area contributed by atoms with Gasteiger partial charge in [-0.3, -0.25) is 14.4 Å². The number of Topliss-reactive ketones (excluding diaryl/α,β-unsaturated/α-hetero) is 3. The van der Waals surface area contributed by atoms with E-state index in [0.717, 1.165) is 68.1 Å². The zero-order valence-corrected chi connectivity index (χ0v) is 26.2. The molecule has 0 aliphatic heterocycles. The summed E-state index contributed by atoms with van der Waals surface area (Å²) < 4.78 is 0. The molecule has 0 saturated heterocycles. The van der Waals surface area contributed by atoms with Crippen LogP contribution in [0, 0.1) is 16.2 Å². The number of ketones is 3. The molecule has 0 fully saturated rings. The summed E-state index contributed by atoms with van der Waals surface area (Å²) in [6.07, 6.45) is 22.5. The maximum Gasteiger partial charge on any atom is 0.158 e. The largest absolute Gasteiger partial charge is 0.295 e. The molecular weight excluding hydrogens is 480 g/mol. The fourth-order valence-electron chi connectivity index (χ4n) is 5.42. The normalized spacial score (nSPS) is 20.7. The molecule has 0 saturated carbocycles. The first kappa shape index (κ1) is 34.7. The number of rotatable bonds is 9. The van der Waals surface area contributed by atoms with Crippen LogP contribution in [0.3, 0.4) is 0 Å². The van der Waals surface area contributed by atoms with Gasteiger partial charge in [-0.15, -0.1) is 13.2 Å². The van der Waals surface area contributed by atoms with Gasteiger partial charge in [0.2, 0.25) is 0 Å². The van der Waals surface area contributed by atoms with E-state index in [0.29, 0.717) is 40.7 Å². The molecule has 218 valence electrons. The number of carbonyl (C=O) groups excluding carboxylic acids is 3. The molecule has 3 aliphatic carbocycles. The lowest BCUT2D eigenvalue weighted by Gasteiger charge is -2.29. The molecule has 0 aromatic rings. The third-order valence-corrected chi connectivity index (χ3v) is 7.96. The molecule has 0 N–H and O–H groups in total. The molecule has 3 heteroatoms. The van der Waals surface area contributed by atoms with Crippen LogP contribution in [-0.2, 0) is 14.4 Å². The summed E-state index contributed by atoms with van der Waals surface area (Å²) in [5.41, 5.74) is 4.09. The Morgan fingerprint density at radius 1 is 0.641 bits per heavy atom. The average molecular weight is 537 g/mol. The molecule has 3 nitrogen and oxygen atoms in total. The van der Waals surface area contributed by atoms with Gasteiger partial charge < -0.3 is 0 Å². The van der Waals surface area contributed by atoms with Crippen LogP contribution >= 0.6 is 0 Å². The molecule has 0 aromatic heterocycles. The molecule has 0 aromatic carbocycles. The second kappa shape index (κ2) is 16.1. The van der Waals surface area contributed by atoms with Gasteiger partial charge in [-0.1, -0.05) is 71.9 Å². The lowest BCUT2D eigenvalue weighted by atomic mass is 9.76. The summed E-state index contributed by atoms with van der Waals surface area (Å²) >= 11 is 0. The van der Waals surface area contributed by atoms with Gasteiger partial charge in [0.25, 0.3) is 0 Å². The fraction of sp³-hybridized carbons (Fsp3) is 0.639. The Morgan fingerprint density at radius 3 is 1.21 bits per heavy atom. The van der Waals surface area contributed by atoms with Gasteiger partial charge in [-0.25, -0.2) is 0 Å². The molecule has 3 rings (SSSR count). The molecule has 39 heavy (non-hydrogen) atoms. The molecule has 3 aliphatic rings. The van der Waals surface area contributed by atoms with Crippen LogP contribution in [0.4, 0.5) is 0 Å². The lowest BCUT2D eigenvalue weighted by Crippen LogP contribution is -2.19. The highest BCUT2D eigenvalue weighted by molar-refractivity contribution is 5.96. The summed E-state index contributed by atoms with van der Waals surface area (Å²) in [7, 11) is 0. The molecule has 0 atom stereocenters. The van der Waals surface area contributed by atoms with Crippen LogP contribution in [-0.4, -0.2) is 17.3 Å². The zero-order valence-electron chi connectivity index (χ0n) is 26.2. The molecule has 0 amide bonds. The van der Waals surface area contributed by atoms with Crippen LogP contribution in [0.15, 0.2) is 60.3 Å². The lowest BCUT2D eigenvalue weighted by molar-refractivity contribution is -0.116. The van der Waals surface area contributed by atoms with Crippen molar-refractivity contribution in [1.82, 2.24) is 0 Å². The number of carbonyl (C=O) groups is 3. The van der Waals surface area contributed by atoms with Crippen molar-refractivity contribution in [3.63, 3.8) is 0 Å². The maximum absolute atomic E-state index is 11.7. The van der Waals surface area contributed by atoms with Crippen molar-refractivity contribution in [3.8, 4) is 0 Å². The van der Waals surface area contributed by atoms with E-state index in [2.05, 4.69) is 72.9 Å². The minimum Gasteiger partial charge on any atom is -0.295 e. The topological polar surface area (TPSA) is 51.2 Å². The molecular formula is C36H56O3. The van der Waals surface area contributed by atoms with Gasteiger partial charge in [0.05, 0.1) is 0 Å². The number of hydrogen-bond donors (Lipinski definition) is 0. The minimum absolute atomic E-state index is 0.248. The van der Waals surface area contributed by atoms with E-state index >= 15 is 0 Å². The van der Waals surface area contributed by atoms with E-state index in [1.54, 1.807) is 6.92 Å². The Labute approximate surface area is 240 Å². The Balaban J connectivity index is 0.000000295. The van der Waals surface area contributed by atoms with Gasteiger partial charge in [0, 0.05) is 12.8 Å². The van der Waals surface area contributed by atoms with E-state index in [9.17, 15) is 14.4 Å². The standard InChI is InChI=1S/2C13H20O.C10H16O/c2*1-4-5-8-12(14)11-7-6-9-13(2,3)10-11;1-8(11)9-5-4-6-10(2,3)7-9/h2*4,7H,1,5-6,8-10H2,2-3H3;5H,4,6-7H2,1-3H3. The maximum atomic E-state index is 11.7. The second-order valence-corrected chi connectivity index (χ2v) is 13.9. The average Bonchev–Trinajstić information content (AvgIpc) is 2.84. The predicted octanol–water partition coefficient (Wildman–Crippen LogP) is 10.0. The quantitative estimate of drug-likeness (QED) is 0.275. The van der Waals surface area contributed by atoms with Crippen molar-refractivity contribution in [3.05, 3.63) is 60.3 Å². The summed E-state index contributed by atoms with van der Waals surface area (Å²) in [5, 5.41) is 0. The Morgan fingerprint density at radius 2 is 0.949 bits per heavy atom. The van der Waals surface area contributed by atoms with E-state index in [1.807, 2.05) is 12.2 Å². The Bertz CT molecular complexity index is 909. The van der Waals surface area contributed by atoms with Crippen LogP contribution in [0.5, 0.6) is 0 Å². The van der Waals surface area contributed by atoms with Crippen LogP contribution in [0.2, 0.25) is 0 Å². The van der Waals surface area contributed by atoms with Crippen LogP contribution < -0.4 is 0 Å². The SMILES string of the molecule is C=CCCC(=O)C1=CCCC(C)(C)C1.C=CCCC(=O)C1=CCCC(C)(C)C1.CC(=O)C1=CCCC(C)(C)C1. The summed E-state index contributed by atoms with van der Waals surface area (Å²) in [4.78, 5) is 34.5. The van der Waals surface area contributed by atoms with Crippen molar-refractivity contribution in [1.29, 1.82) is 0 Å². The minimum atomic E-state index is 0.248. The smallest absolute Gasteiger partial charge is 0.158 e. The van der Waals surface area contributed by atoms with Gasteiger partial charge in [0.15, 0.2) is 17.3 Å². The van der Waals surface area contributed by atoms with Gasteiger partial charge in [0.1, 0.15) is 0 Å². The summed E-state index contributed by atoms with van der Waals surface area (Å²) in [6, 6.07) is 0. The number of hydrogen-bond acceptors (Lipinski definition) is 3. The molecule has 0 radical (unpaired) electrons. The van der Waals surface area contributed by atoms with E-state index in [4.69, 9.17) is 0 Å². The third kappa shape index (κ3) is 14.1. The zero-order chi connectivity index (χ0) is 29.7. The van der Waals surface area contributed by atoms with E-state index in [1.165, 1.54) is 19.3 Å². The van der Waals surface area contributed by atoms with Gasteiger partial charge in [-0.2, -0.15) is 0 Å². The molecule has 0 spiro atoms. The first-order valence-electron chi connectivity index (χ1n) is 15.0. The highest BCUT2D eigenvalue weighted by Crippen LogP contribution is 2.37. The molecule has 0 heterocycles. The van der Waals surface area contributed by atoms with Crippen molar-refractivity contribution < 1.29 is 14.4 Å². The Hall–Kier alpha value is -2.29. The molecule has 0 bridgehead atoms. The van der Waals surface area contributed by atoms with Crippen molar-refractivity contribution in [2.45, 2.75) is 132 Å². The van der Waals surface area contributed by atoms with Gasteiger partial charge >= 0.3 is 0 Å². The highest BCUT2D eigenvalue weighted by atomic mass is 16.1. The van der Waals surface area contributed by atoms with E-state index < -0.39 is 0 Å². The van der Waals surface area contributed by atoms with Crippen molar-refractivity contribution >= 4 is 17.3 Å². The van der Waals surface area contributed by atoms with Crippen LogP contribution in [0.25, 0.3) is 0 Å². The van der Waals surface area contributed by atoms with E-state index in [-0.39, 0.29) is 5.78 Å². The summed E-state index contributed by atoms with van der Waals surface area (Å²) in [6.45, 7) is 22.3. The predicted molar refractivity (Wildman–Crippen MR) is 167 cm³/mol. The number of allylic oxidation sites excluding steroid dienone is 8. The fourth-order valence-corrected chi connectivity index (χ4v) is 5.42. The van der Waals surface area contributed by atoms with Crippen LogP contribution in [0.1, 0.15) is 132 Å². The Kier molecular flexibility index (Phi) is 14.3. The monoisotopic (exact) mass is 536 g/mol. The second-order valence-electron chi connectivity index (χ2n) is 13.9. The summed E-state index contributed by atoms with van der Waals surface area (Å²) in [5.74, 6) is 0.883. The van der Waals surface area contributed by atoms with Gasteiger partial charge in [-0.05, 0) is 111 Å². The van der Waals surface area contributed by atoms with Crippen molar-refractivity contribution in [2.24, 2.45) is 16.2 Å². The highest BCUT2D eigenvalue weighted by Gasteiger charge is 2.26.